The first kappa shape index (κ1) is 19.0. The molecule has 29 heavy (non-hydrogen) atoms. The zero-order chi connectivity index (χ0) is 20.2. The number of nitrogens with zero attached hydrogens (tertiary/aromatic N) is 2. The van der Waals surface area contributed by atoms with E-state index >= 15 is 0 Å². The summed E-state index contributed by atoms with van der Waals surface area (Å²) in [6.45, 7) is 0. The third-order valence-electron chi connectivity index (χ3n) is 4.41. The van der Waals surface area contributed by atoms with Crippen LogP contribution in [-0.4, -0.2) is 23.2 Å². The number of esters is 1. The average molecular weight is 409 g/mol. The molecule has 1 heterocycles. The molecular weight excluding hydrogens is 392 g/mol. The van der Waals surface area contributed by atoms with Gasteiger partial charge in [0.2, 0.25) is 11.7 Å². The Kier molecular flexibility index (Phi) is 5.44. The van der Waals surface area contributed by atoms with Gasteiger partial charge < -0.3 is 14.0 Å². The van der Waals surface area contributed by atoms with E-state index in [1.165, 1.54) is 0 Å². The van der Waals surface area contributed by atoms with Gasteiger partial charge in [-0.1, -0.05) is 41.0 Å². The van der Waals surface area contributed by atoms with Crippen LogP contribution in [0, 0.1) is 0 Å². The standard InChI is InChI=1S/C22H17ClN2O4/c1-27-15-8-6-14(7-9-15)22-24-20(29-25-22)12-13-21(26)28-19-11-10-18(23)16-4-2-3-5-17(16)19/h2-11H,12-13H2,1H3. The minimum atomic E-state index is -0.387. The molecule has 0 atom stereocenters. The SMILES string of the molecule is COc1ccc(-c2noc(CCC(=O)Oc3ccc(Cl)c4ccccc34)n2)cc1. The topological polar surface area (TPSA) is 74.5 Å². The van der Waals surface area contributed by atoms with Crippen LogP contribution in [0.4, 0.5) is 0 Å². The number of carbonyl (C=O) groups is 1. The summed E-state index contributed by atoms with van der Waals surface area (Å²) in [7, 11) is 1.60. The molecule has 3 aromatic carbocycles. The maximum atomic E-state index is 12.3. The van der Waals surface area contributed by atoms with Crippen LogP contribution in [0.3, 0.4) is 0 Å². The Morgan fingerprint density at radius 1 is 1.03 bits per heavy atom. The third-order valence-corrected chi connectivity index (χ3v) is 4.74. The lowest BCUT2D eigenvalue weighted by molar-refractivity contribution is -0.134. The predicted octanol–water partition coefficient (Wildman–Crippen LogP) is 5.09. The van der Waals surface area contributed by atoms with E-state index in [0.29, 0.717) is 22.5 Å². The molecule has 146 valence electrons. The number of hydrogen-bond donors (Lipinski definition) is 0. The predicted molar refractivity (Wildman–Crippen MR) is 109 cm³/mol. The fraction of sp³-hybridized carbons (Fsp3) is 0.136. The smallest absolute Gasteiger partial charge is 0.311 e. The fourth-order valence-electron chi connectivity index (χ4n) is 2.92. The van der Waals surface area contributed by atoms with Crippen LogP contribution in [0.25, 0.3) is 22.2 Å². The van der Waals surface area contributed by atoms with Crippen molar-refractivity contribution in [3.8, 4) is 22.9 Å². The van der Waals surface area contributed by atoms with Crippen LogP contribution >= 0.6 is 11.6 Å². The van der Waals surface area contributed by atoms with Crippen molar-refractivity contribution in [2.75, 3.05) is 7.11 Å². The molecule has 0 aliphatic carbocycles. The number of methoxy groups -OCH3 is 1. The Labute approximate surface area is 172 Å². The molecule has 0 aliphatic heterocycles. The first-order chi connectivity index (χ1) is 14.1. The van der Waals surface area contributed by atoms with Crippen molar-refractivity contribution in [3.05, 3.63) is 71.6 Å². The largest absolute Gasteiger partial charge is 0.497 e. The lowest BCUT2D eigenvalue weighted by atomic mass is 10.1. The van der Waals surface area contributed by atoms with E-state index in [9.17, 15) is 4.79 Å². The molecule has 0 radical (unpaired) electrons. The molecule has 0 saturated heterocycles. The van der Waals surface area contributed by atoms with Gasteiger partial charge in [0.15, 0.2) is 0 Å². The number of hydrogen-bond acceptors (Lipinski definition) is 6. The van der Waals surface area contributed by atoms with E-state index in [0.717, 1.165) is 22.1 Å². The number of ether oxygens (including phenoxy) is 2. The molecule has 0 bridgehead atoms. The molecule has 0 unspecified atom stereocenters. The zero-order valence-corrected chi connectivity index (χ0v) is 16.3. The van der Waals surface area contributed by atoms with E-state index in [1.807, 2.05) is 48.5 Å². The Morgan fingerprint density at radius 2 is 1.79 bits per heavy atom. The summed E-state index contributed by atoms with van der Waals surface area (Å²) in [6.07, 6.45) is 0.398. The van der Waals surface area contributed by atoms with Crippen molar-refractivity contribution in [3.63, 3.8) is 0 Å². The number of aromatic nitrogens is 2. The van der Waals surface area contributed by atoms with Crippen molar-refractivity contribution in [1.82, 2.24) is 10.1 Å². The highest BCUT2D eigenvalue weighted by Gasteiger charge is 2.14. The molecule has 0 N–H and O–H groups in total. The summed E-state index contributed by atoms with van der Waals surface area (Å²) in [5.74, 6) is 1.66. The average Bonchev–Trinajstić information content (AvgIpc) is 3.24. The molecule has 0 amide bonds. The van der Waals surface area contributed by atoms with Crippen LogP contribution < -0.4 is 9.47 Å². The second-order valence-electron chi connectivity index (χ2n) is 6.31. The summed E-state index contributed by atoms with van der Waals surface area (Å²) in [5, 5.41) is 6.19. The molecule has 4 rings (SSSR count). The second kappa shape index (κ2) is 8.32. The van der Waals surface area contributed by atoms with Gasteiger partial charge in [-0.3, -0.25) is 4.79 Å². The van der Waals surface area contributed by atoms with Gasteiger partial charge >= 0.3 is 5.97 Å². The van der Waals surface area contributed by atoms with Crippen molar-refractivity contribution in [2.24, 2.45) is 0 Å². The van der Waals surface area contributed by atoms with Crippen molar-refractivity contribution >= 4 is 28.3 Å². The Morgan fingerprint density at radius 3 is 2.55 bits per heavy atom. The molecule has 0 saturated carbocycles. The summed E-state index contributed by atoms with van der Waals surface area (Å²) in [4.78, 5) is 16.6. The number of benzene rings is 3. The van der Waals surface area contributed by atoms with Gasteiger partial charge in [0, 0.05) is 27.8 Å². The molecule has 6 nitrogen and oxygen atoms in total. The highest BCUT2D eigenvalue weighted by atomic mass is 35.5. The normalized spacial score (nSPS) is 10.8. The van der Waals surface area contributed by atoms with Crippen molar-refractivity contribution in [1.29, 1.82) is 0 Å². The summed E-state index contributed by atoms with van der Waals surface area (Å²) < 4.78 is 15.9. The molecule has 0 spiro atoms. The minimum absolute atomic E-state index is 0.112. The fourth-order valence-corrected chi connectivity index (χ4v) is 3.15. The third kappa shape index (κ3) is 4.22. The van der Waals surface area contributed by atoms with Crippen molar-refractivity contribution < 1.29 is 18.8 Å². The van der Waals surface area contributed by atoms with E-state index < -0.39 is 0 Å². The number of carbonyl (C=O) groups excluding carboxylic acids is 1. The van der Waals surface area contributed by atoms with E-state index in [4.69, 9.17) is 25.6 Å². The number of rotatable bonds is 6. The lowest BCUT2D eigenvalue weighted by Gasteiger charge is -2.08. The van der Waals surface area contributed by atoms with Crippen LogP contribution in [0.1, 0.15) is 12.3 Å². The zero-order valence-electron chi connectivity index (χ0n) is 15.6. The molecular formula is C22H17ClN2O4. The highest BCUT2D eigenvalue weighted by Crippen LogP contribution is 2.31. The molecule has 0 aliphatic rings. The van der Waals surface area contributed by atoms with Gasteiger partial charge in [0.25, 0.3) is 0 Å². The lowest BCUT2D eigenvalue weighted by Crippen LogP contribution is -2.09. The summed E-state index contributed by atoms with van der Waals surface area (Å²) in [6, 6.07) is 18.2. The van der Waals surface area contributed by atoms with Crippen molar-refractivity contribution in [2.45, 2.75) is 12.8 Å². The second-order valence-corrected chi connectivity index (χ2v) is 6.71. The first-order valence-corrected chi connectivity index (χ1v) is 9.37. The molecule has 7 heteroatoms. The Hall–Kier alpha value is -3.38. The number of aryl methyl sites for hydroxylation is 1. The van der Waals surface area contributed by atoms with Gasteiger partial charge in [0.1, 0.15) is 11.5 Å². The van der Waals surface area contributed by atoms with Gasteiger partial charge in [-0.25, -0.2) is 0 Å². The quantitative estimate of drug-likeness (QED) is 0.327. The van der Waals surface area contributed by atoms with E-state index in [2.05, 4.69) is 10.1 Å². The van der Waals surface area contributed by atoms with Gasteiger partial charge in [-0.15, -0.1) is 0 Å². The minimum Gasteiger partial charge on any atom is -0.497 e. The van der Waals surface area contributed by atoms with Crippen LogP contribution in [0.15, 0.2) is 65.2 Å². The summed E-state index contributed by atoms with van der Waals surface area (Å²) >= 11 is 6.20. The van der Waals surface area contributed by atoms with Crippen LogP contribution in [-0.2, 0) is 11.2 Å². The highest BCUT2D eigenvalue weighted by molar-refractivity contribution is 6.35. The van der Waals surface area contributed by atoms with Gasteiger partial charge in [-0.2, -0.15) is 4.98 Å². The molecule has 4 aromatic rings. The molecule has 0 fully saturated rings. The number of fused-ring (bicyclic) bond motifs is 1. The molecule has 1 aromatic heterocycles. The Balaban J connectivity index is 1.40. The van der Waals surface area contributed by atoms with E-state index in [1.54, 1.807) is 19.2 Å². The Bertz CT molecular complexity index is 1160. The van der Waals surface area contributed by atoms with Crippen LogP contribution in [0.2, 0.25) is 5.02 Å². The van der Waals surface area contributed by atoms with Gasteiger partial charge in [0.05, 0.1) is 13.5 Å². The van der Waals surface area contributed by atoms with Gasteiger partial charge in [-0.05, 0) is 36.4 Å². The van der Waals surface area contributed by atoms with E-state index in [-0.39, 0.29) is 18.8 Å². The van der Waals surface area contributed by atoms with Crippen LogP contribution in [0.5, 0.6) is 11.5 Å². The number of halogens is 1. The maximum Gasteiger partial charge on any atom is 0.311 e. The monoisotopic (exact) mass is 408 g/mol. The first-order valence-electron chi connectivity index (χ1n) is 8.99. The summed E-state index contributed by atoms with van der Waals surface area (Å²) in [5.41, 5.74) is 0.802. The maximum absolute atomic E-state index is 12.3.